The number of nitrogens with zero attached hydrogens (tertiary/aromatic N) is 3. The lowest BCUT2D eigenvalue weighted by molar-refractivity contribution is -0.198. The maximum Gasteiger partial charge on any atom is 0.429 e. The molecule has 0 bridgehead atoms. The molecule has 1 spiro atoms. The minimum absolute atomic E-state index is 0.0610. The van der Waals surface area contributed by atoms with Gasteiger partial charge >= 0.3 is 12.1 Å². The van der Waals surface area contributed by atoms with Gasteiger partial charge in [0.2, 0.25) is 17.9 Å². The number of benzene rings is 2. The first kappa shape index (κ1) is 31.5. The Balaban J connectivity index is 1.32. The summed E-state index contributed by atoms with van der Waals surface area (Å²) in [5.74, 6) is -1.09. The summed E-state index contributed by atoms with van der Waals surface area (Å²) in [6, 6.07) is 12.5. The zero-order valence-electron chi connectivity index (χ0n) is 24.2. The Hall–Kier alpha value is -3.91. The molecule has 236 valence electrons. The maximum absolute atomic E-state index is 14.2. The average Bonchev–Trinajstić information content (AvgIpc) is 3.33. The lowest BCUT2D eigenvalue weighted by atomic mass is 9.71. The van der Waals surface area contributed by atoms with Crippen molar-refractivity contribution >= 4 is 27.6 Å². The van der Waals surface area contributed by atoms with E-state index >= 15 is 0 Å². The summed E-state index contributed by atoms with van der Waals surface area (Å²) in [6.07, 6.45) is -3.32. The zero-order chi connectivity index (χ0) is 31.9. The second-order valence-electron chi connectivity index (χ2n) is 11.5. The number of ether oxygens (including phenoxy) is 1. The summed E-state index contributed by atoms with van der Waals surface area (Å²) in [5.41, 5.74) is 6.80. The van der Waals surface area contributed by atoms with E-state index < -0.39 is 34.1 Å². The van der Waals surface area contributed by atoms with Gasteiger partial charge in [0.1, 0.15) is 11.9 Å². The summed E-state index contributed by atoms with van der Waals surface area (Å²) in [4.78, 5) is 21.8. The standard InChI is InChI=1S/C30H34F3N5O5S/c1-3-23-29(17-22(35-23)27(39)40)12-14-38(15-13-29)24-16-25(37-28(34)36-24)43-26(30(31,32)33)20-6-4-18(5-7-20)19-8-10-21(11-9-19)44(2,41)42/h4-11,16,22-23,26,35H,3,12-15,17H2,1-2H3,(H,39,40)(H2,34,36,37)/t22?,23?,26-/m1/s1. The third-order valence-electron chi connectivity index (χ3n) is 8.61. The summed E-state index contributed by atoms with van der Waals surface area (Å²) >= 11 is 0. The summed E-state index contributed by atoms with van der Waals surface area (Å²) < 4.78 is 71.6. The van der Waals surface area contributed by atoms with Crippen LogP contribution in [0.3, 0.4) is 0 Å². The van der Waals surface area contributed by atoms with Gasteiger partial charge in [0.15, 0.2) is 9.84 Å². The Bertz CT molecular complexity index is 1610. The molecule has 3 aromatic rings. The predicted molar refractivity (Wildman–Crippen MR) is 158 cm³/mol. The number of nitrogens with one attached hydrogen (secondary N) is 1. The molecule has 0 saturated carbocycles. The van der Waals surface area contributed by atoms with E-state index in [0.717, 1.165) is 12.7 Å². The van der Waals surface area contributed by atoms with Gasteiger partial charge in [0.05, 0.1) is 4.90 Å². The number of aliphatic carboxylic acids is 1. The molecular weight excluding hydrogens is 599 g/mol. The van der Waals surface area contributed by atoms with Crippen LogP contribution in [0.25, 0.3) is 11.1 Å². The third-order valence-corrected chi connectivity index (χ3v) is 9.74. The van der Waals surface area contributed by atoms with E-state index in [1.807, 2.05) is 11.8 Å². The highest BCUT2D eigenvalue weighted by molar-refractivity contribution is 7.90. The molecule has 2 aliphatic heterocycles. The molecule has 44 heavy (non-hydrogen) atoms. The summed E-state index contributed by atoms with van der Waals surface area (Å²) in [6.45, 7) is 3.07. The molecule has 2 saturated heterocycles. The van der Waals surface area contributed by atoms with E-state index in [9.17, 15) is 31.5 Å². The van der Waals surface area contributed by atoms with Gasteiger partial charge in [-0.15, -0.1) is 0 Å². The van der Waals surface area contributed by atoms with Gasteiger partial charge in [-0.2, -0.15) is 23.1 Å². The highest BCUT2D eigenvalue weighted by Gasteiger charge is 2.50. The van der Waals surface area contributed by atoms with Gasteiger partial charge in [-0.05, 0) is 54.4 Å². The van der Waals surface area contributed by atoms with Crippen LogP contribution in [-0.4, -0.2) is 67.1 Å². The van der Waals surface area contributed by atoms with Crippen LogP contribution in [0.2, 0.25) is 0 Å². The van der Waals surface area contributed by atoms with Gasteiger partial charge in [0.25, 0.3) is 0 Å². The van der Waals surface area contributed by atoms with Crippen LogP contribution in [0.4, 0.5) is 24.9 Å². The van der Waals surface area contributed by atoms with Crippen LogP contribution in [0.1, 0.15) is 44.3 Å². The molecule has 2 fully saturated rings. The minimum Gasteiger partial charge on any atom is -0.480 e. The number of sulfone groups is 1. The number of halogens is 3. The second kappa shape index (κ2) is 11.9. The van der Waals surface area contributed by atoms with Gasteiger partial charge in [-0.3, -0.25) is 4.79 Å². The molecule has 0 amide bonds. The Labute approximate surface area is 253 Å². The number of alkyl halides is 3. The van der Waals surface area contributed by atoms with Gasteiger partial charge < -0.3 is 25.8 Å². The number of carboxylic acids is 1. The van der Waals surface area contributed by atoms with Crippen LogP contribution in [0, 0.1) is 5.41 Å². The quantitative estimate of drug-likeness (QED) is 0.321. The fourth-order valence-corrected chi connectivity index (χ4v) is 6.94. The van der Waals surface area contributed by atoms with E-state index in [1.165, 1.54) is 42.5 Å². The van der Waals surface area contributed by atoms with Gasteiger partial charge in [0, 0.05) is 37.0 Å². The maximum atomic E-state index is 14.2. The van der Waals surface area contributed by atoms with Crippen molar-refractivity contribution in [1.82, 2.24) is 15.3 Å². The topological polar surface area (TPSA) is 148 Å². The Morgan fingerprint density at radius 2 is 1.70 bits per heavy atom. The van der Waals surface area contributed by atoms with Crippen LogP contribution in [-0.2, 0) is 14.6 Å². The largest absolute Gasteiger partial charge is 0.480 e. The molecule has 14 heteroatoms. The first-order valence-corrected chi connectivity index (χ1v) is 16.1. The van der Waals surface area contributed by atoms with E-state index in [-0.39, 0.29) is 33.7 Å². The number of anilines is 2. The van der Waals surface area contributed by atoms with Crippen molar-refractivity contribution in [2.24, 2.45) is 5.41 Å². The average molecular weight is 634 g/mol. The number of rotatable bonds is 8. The summed E-state index contributed by atoms with van der Waals surface area (Å²) in [5, 5.41) is 12.8. The van der Waals surface area contributed by atoms with E-state index in [2.05, 4.69) is 15.3 Å². The van der Waals surface area contributed by atoms with Gasteiger partial charge in [-0.25, -0.2) is 8.42 Å². The van der Waals surface area contributed by atoms with Crippen molar-refractivity contribution in [2.45, 2.75) is 61.9 Å². The van der Waals surface area contributed by atoms with Crippen molar-refractivity contribution < 1.29 is 36.2 Å². The molecule has 3 heterocycles. The van der Waals surface area contributed by atoms with E-state index in [1.54, 1.807) is 12.1 Å². The van der Waals surface area contributed by atoms with Crippen molar-refractivity contribution in [3.05, 3.63) is 60.2 Å². The third kappa shape index (κ3) is 6.60. The molecule has 1 aromatic heterocycles. The number of nitrogens with two attached hydrogens (primary N) is 1. The Morgan fingerprint density at radius 1 is 1.11 bits per heavy atom. The van der Waals surface area contributed by atoms with E-state index in [4.69, 9.17) is 10.5 Å². The summed E-state index contributed by atoms with van der Waals surface area (Å²) in [7, 11) is -3.38. The number of hydrogen-bond acceptors (Lipinski definition) is 9. The lowest BCUT2D eigenvalue weighted by Gasteiger charge is -2.43. The van der Waals surface area contributed by atoms with Gasteiger partial charge in [-0.1, -0.05) is 43.3 Å². The fraction of sp³-hybridized carbons (Fsp3) is 0.433. The molecular formula is C30H34F3N5O5S. The van der Waals surface area contributed by atoms with Crippen LogP contribution in [0.5, 0.6) is 5.88 Å². The van der Waals surface area contributed by atoms with Crippen LogP contribution >= 0.6 is 0 Å². The molecule has 2 aliphatic rings. The van der Waals surface area contributed by atoms with Crippen LogP contribution < -0.4 is 20.7 Å². The lowest BCUT2D eigenvalue weighted by Crippen LogP contribution is -2.46. The normalized spacial score (nSPS) is 20.9. The second-order valence-corrected chi connectivity index (χ2v) is 13.5. The molecule has 10 nitrogen and oxygen atoms in total. The molecule has 3 atom stereocenters. The monoisotopic (exact) mass is 633 g/mol. The molecule has 0 radical (unpaired) electrons. The molecule has 5 rings (SSSR count). The van der Waals surface area contributed by atoms with Crippen LogP contribution in [0.15, 0.2) is 59.5 Å². The predicted octanol–water partition coefficient (Wildman–Crippen LogP) is 4.62. The first-order valence-electron chi connectivity index (χ1n) is 14.2. The number of carbonyl (C=O) groups is 1. The Kier molecular flexibility index (Phi) is 8.51. The number of piperidine rings is 1. The number of aromatic nitrogens is 2. The highest BCUT2D eigenvalue weighted by atomic mass is 32.2. The zero-order valence-corrected chi connectivity index (χ0v) is 25.0. The first-order chi connectivity index (χ1) is 20.7. The molecule has 0 aliphatic carbocycles. The highest BCUT2D eigenvalue weighted by Crippen LogP contribution is 2.46. The number of nitrogen functional groups attached to an aromatic ring is 1. The SMILES string of the molecule is CCC1NC(C(=O)O)CC12CCN(c1cc(O[C@H](c3ccc(-c4ccc(S(C)(=O)=O)cc4)cc3)C(F)(F)F)nc(N)n1)CC2. The Morgan fingerprint density at radius 3 is 2.23 bits per heavy atom. The van der Waals surface area contributed by atoms with Crippen molar-refractivity contribution in [2.75, 3.05) is 30.0 Å². The molecule has 2 aromatic carbocycles. The number of hydrogen-bond donors (Lipinski definition) is 3. The van der Waals surface area contributed by atoms with Crippen molar-refractivity contribution in [3.63, 3.8) is 0 Å². The number of carboxylic acid groups (broad SMARTS) is 1. The molecule has 2 unspecified atom stereocenters. The minimum atomic E-state index is -4.78. The smallest absolute Gasteiger partial charge is 0.429 e. The van der Waals surface area contributed by atoms with Crippen molar-refractivity contribution in [3.8, 4) is 17.0 Å². The fourth-order valence-electron chi connectivity index (χ4n) is 6.31. The van der Waals surface area contributed by atoms with Crippen molar-refractivity contribution in [1.29, 1.82) is 0 Å². The van der Waals surface area contributed by atoms with E-state index in [0.29, 0.717) is 49.3 Å². The molecule has 4 N–H and O–H groups in total.